The van der Waals surface area contributed by atoms with Gasteiger partial charge in [0.1, 0.15) is 5.75 Å². The lowest BCUT2D eigenvalue weighted by molar-refractivity contribution is -0.137. The van der Waals surface area contributed by atoms with Crippen LogP contribution in [0.5, 0.6) is 5.75 Å². The summed E-state index contributed by atoms with van der Waals surface area (Å²) in [5.74, 6) is 0.313. The topological polar surface area (TPSA) is 38.3 Å². The van der Waals surface area contributed by atoms with Gasteiger partial charge in [-0.05, 0) is 30.3 Å². The number of para-hydroxylation sites is 1. The van der Waals surface area contributed by atoms with Gasteiger partial charge in [0.05, 0.1) is 10.6 Å². The van der Waals surface area contributed by atoms with E-state index in [0.29, 0.717) is 5.75 Å². The normalized spacial score (nSPS) is 10.3. The molecule has 0 aliphatic rings. The van der Waals surface area contributed by atoms with Crippen molar-refractivity contribution >= 4 is 23.4 Å². The highest BCUT2D eigenvalue weighted by Crippen LogP contribution is 2.35. The van der Waals surface area contributed by atoms with Gasteiger partial charge in [0.25, 0.3) is 0 Å². The molecule has 7 heteroatoms. The Bertz CT molecular complexity index is 646. The minimum Gasteiger partial charge on any atom is -0.410 e. The molecule has 0 spiro atoms. The lowest BCUT2D eigenvalue weighted by Crippen LogP contribution is -2.17. The Morgan fingerprint density at radius 1 is 1.09 bits per heavy atom. The van der Waals surface area contributed by atoms with Crippen LogP contribution in [0.2, 0.25) is 5.02 Å². The predicted molar refractivity (Wildman–Crippen MR) is 83.9 cm³/mol. The van der Waals surface area contributed by atoms with Gasteiger partial charge in [0.2, 0.25) is 0 Å². The summed E-state index contributed by atoms with van der Waals surface area (Å²) < 4.78 is 42.5. The molecule has 2 aromatic carbocycles. The quantitative estimate of drug-likeness (QED) is 0.725. The molecule has 0 aliphatic heterocycles. The van der Waals surface area contributed by atoms with E-state index in [0.717, 1.165) is 18.2 Å². The van der Waals surface area contributed by atoms with Crippen molar-refractivity contribution in [2.24, 2.45) is 0 Å². The lowest BCUT2D eigenvalue weighted by atomic mass is 10.2. The van der Waals surface area contributed by atoms with Crippen LogP contribution in [0.15, 0.2) is 48.5 Å². The van der Waals surface area contributed by atoms with Crippen molar-refractivity contribution in [3.05, 3.63) is 59.1 Å². The Balaban J connectivity index is 0.00000127. The van der Waals surface area contributed by atoms with Gasteiger partial charge in [-0.2, -0.15) is 13.2 Å². The summed E-state index contributed by atoms with van der Waals surface area (Å²) in [6.07, 6.45) is -5.36. The largest absolute Gasteiger partial charge is 0.417 e. The number of halogens is 4. The number of benzene rings is 2. The van der Waals surface area contributed by atoms with E-state index < -0.39 is 22.9 Å². The minimum atomic E-state index is -4.54. The highest BCUT2D eigenvalue weighted by atomic mass is 35.5. The molecule has 3 nitrogen and oxygen atoms in total. The fraction of sp³-hybridized carbons (Fsp3) is 0.188. The molecule has 0 heterocycles. The molecule has 2 rings (SSSR count). The first-order valence-electron chi connectivity index (χ1n) is 6.77. The number of carbonyl (C=O) groups is 1. The summed E-state index contributed by atoms with van der Waals surface area (Å²) in [5, 5.41) is 1.80. The van der Waals surface area contributed by atoms with Crippen molar-refractivity contribution in [3.63, 3.8) is 0 Å². The Morgan fingerprint density at radius 2 is 1.70 bits per heavy atom. The number of rotatable bonds is 2. The fourth-order valence-electron chi connectivity index (χ4n) is 1.56. The van der Waals surface area contributed by atoms with Crippen LogP contribution < -0.4 is 10.1 Å². The number of anilines is 1. The third kappa shape index (κ3) is 5.83. The molecule has 0 bridgehead atoms. The number of alkyl halides is 3. The van der Waals surface area contributed by atoms with Crippen molar-refractivity contribution < 1.29 is 22.7 Å². The van der Waals surface area contributed by atoms with E-state index in [4.69, 9.17) is 16.3 Å². The van der Waals surface area contributed by atoms with E-state index >= 15 is 0 Å². The van der Waals surface area contributed by atoms with Gasteiger partial charge >= 0.3 is 12.3 Å². The molecular formula is C16H15ClF3NO2. The maximum atomic E-state index is 12.5. The van der Waals surface area contributed by atoms with Crippen molar-refractivity contribution in [1.29, 1.82) is 0 Å². The molecule has 1 amide bonds. The van der Waals surface area contributed by atoms with Crippen LogP contribution in [0.1, 0.15) is 19.4 Å². The molecule has 0 aliphatic carbocycles. The van der Waals surface area contributed by atoms with Gasteiger partial charge in [0.15, 0.2) is 0 Å². The van der Waals surface area contributed by atoms with Crippen LogP contribution >= 0.6 is 11.6 Å². The van der Waals surface area contributed by atoms with Gasteiger partial charge < -0.3 is 4.74 Å². The van der Waals surface area contributed by atoms with Crippen molar-refractivity contribution in [3.8, 4) is 5.75 Å². The molecule has 1 N–H and O–H groups in total. The number of carbonyl (C=O) groups excluding carboxylic acids is 1. The highest BCUT2D eigenvalue weighted by molar-refractivity contribution is 6.31. The lowest BCUT2D eigenvalue weighted by Gasteiger charge is -2.11. The third-order valence-electron chi connectivity index (χ3n) is 2.47. The van der Waals surface area contributed by atoms with Gasteiger partial charge in [-0.1, -0.05) is 43.6 Å². The third-order valence-corrected chi connectivity index (χ3v) is 2.79. The molecule has 0 atom stereocenters. The molecule has 0 saturated heterocycles. The second kappa shape index (κ2) is 8.43. The van der Waals surface area contributed by atoms with Gasteiger partial charge in [-0.25, -0.2) is 4.79 Å². The minimum absolute atomic E-state index is 0.105. The maximum absolute atomic E-state index is 12.5. The number of ether oxygens (including phenoxy) is 1. The van der Waals surface area contributed by atoms with E-state index in [1.165, 1.54) is 0 Å². The average Bonchev–Trinajstić information content (AvgIpc) is 2.49. The van der Waals surface area contributed by atoms with Crippen LogP contribution in [0.4, 0.5) is 23.7 Å². The Kier molecular flexibility index (Phi) is 6.90. The molecule has 0 saturated carbocycles. The second-order valence-corrected chi connectivity index (χ2v) is 4.43. The van der Waals surface area contributed by atoms with E-state index in [-0.39, 0.29) is 5.69 Å². The summed E-state index contributed by atoms with van der Waals surface area (Å²) in [4.78, 5) is 11.6. The molecule has 2 aromatic rings. The SMILES string of the molecule is CC.O=C(Nc1ccc(C(F)(F)F)c(Cl)c1)Oc1ccccc1. The summed E-state index contributed by atoms with van der Waals surface area (Å²) in [5.41, 5.74) is -0.861. The average molecular weight is 346 g/mol. The monoisotopic (exact) mass is 345 g/mol. The molecule has 23 heavy (non-hydrogen) atoms. The van der Waals surface area contributed by atoms with E-state index in [1.807, 2.05) is 13.8 Å². The first-order valence-corrected chi connectivity index (χ1v) is 7.14. The van der Waals surface area contributed by atoms with Gasteiger partial charge in [-0.3, -0.25) is 5.32 Å². The molecule has 124 valence electrons. The Hall–Kier alpha value is -2.21. The van der Waals surface area contributed by atoms with Crippen LogP contribution in [-0.2, 0) is 6.18 Å². The summed E-state index contributed by atoms with van der Waals surface area (Å²) in [7, 11) is 0. The number of hydrogen-bond acceptors (Lipinski definition) is 2. The van der Waals surface area contributed by atoms with Crippen molar-refractivity contribution in [2.75, 3.05) is 5.32 Å². The standard InChI is InChI=1S/C14H9ClF3NO2.C2H6/c15-12-8-9(6-7-11(12)14(16,17)18)19-13(20)21-10-4-2-1-3-5-10;1-2/h1-8H,(H,19,20);1-2H3. The molecule has 0 radical (unpaired) electrons. The van der Waals surface area contributed by atoms with Gasteiger partial charge in [-0.15, -0.1) is 0 Å². The van der Waals surface area contributed by atoms with Crippen molar-refractivity contribution in [1.82, 2.24) is 0 Å². The van der Waals surface area contributed by atoms with Crippen LogP contribution in [0, 0.1) is 0 Å². The molecule has 0 aromatic heterocycles. The first kappa shape index (κ1) is 18.8. The van der Waals surface area contributed by atoms with E-state index in [1.54, 1.807) is 30.3 Å². The molecule has 0 fully saturated rings. The number of hydrogen-bond donors (Lipinski definition) is 1. The maximum Gasteiger partial charge on any atom is 0.417 e. The van der Waals surface area contributed by atoms with E-state index in [2.05, 4.69) is 5.32 Å². The van der Waals surface area contributed by atoms with Crippen LogP contribution in [0.25, 0.3) is 0 Å². The summed E-state index contributed by atoms with van der Waals surface area (Å²) in [6, 6.07) is 11.1. The Labute approximate surface area is 137 Å². The predicted octanol–water partition coefficient (Wildman–Crippen LogP) is 6.00. The highest BCUT2D eigenvalue weighted by Gasteiger charge is 2.33. The zero-order valence-corrected chi connectivity index (χ0v) is 13.2. The van der Waals surface area contributed by atoms with Crippen LogP contribution in [0.3, 0.4) is 0 Å². The Morgan fingerprint density at radius 3 is 2.22 bits per heavy atom. The second-order valence-electron chi connectivity index (χ2n) is 4.02. The fourth-order valence-corrected chi connectivity index (χ4v) is 1.85. The zero-order chi connectivity index (χ0) is 17.5. The van der Waals surface area contributed by atoms with Gasteiger partial charge in [0, 0.05) is 5.69 Å². The number of amides is 1. The summed E-state index contributed by atoms with van der Waals surface area (Å²) in [6.45, 7) is 4.00. The molecular weight excluding hydrogens is 331 g/mol. The summed E-state index contributed by atoms with van der Waals surface area (Å²) >= 11 is 5.55. The van der Waals surface area contributed by atoms with E-state index in [9.17, 15) is 18.0 Å². The smallest absolute Gasteiger partial charge is 0.410 e. The first-order chi connectivity index (χ1) is 10.9. The zero-order valence-electron chi connectivity index (χ0n) is 12.4. The van der Waals surface area contributed by atoms with Crippen LogP contribution in [-0.4, -0.2) is 6.09 Å². The molecule has 0 unspecified atom stereocenters. The number of nitrogens with one attached hydrogen (secondary N) is 1. The van der Waals surface area contributed by atoms with Crippen molar-refractivity contribution in [2.45, 2.75) is 20.0 Å².